The van der Waals surface area contributed by atoms with Crippen LogP contribution >= 0.6 is 0 Å². The first-order chi connectivity index (χ1) is 18.7. The summed E-state index contributed by atoms with van der Waals surface area (Å²) in [6.07, 6.45) is -4.01. The van der Waals surface area contributed by atoms with Crippen LogP contribution in [0.1, 0.15) is 36.8 Å². The summed E-state index contributed by atoms with van der Waals surface area (Å²) in [5.74, 6) is 0.273. The summed E-state index contributed by atoms with van der Waals surface area (Å²) in [6.45, 7) is 3.81. The number of anilines is 1. The van der Waals surface area contributed by atoms with Crippen molar-refractivity contribution in [1.29, 1.82) is 0 Å². The molecule has 1 unspecified atom stereocenters. The van der Waals surface area contributed by atoms with E-state index < -0.39 is 23.8 Å². The molecule has 0 saturated heterocycles. The van der Waals surface area contributed by atoms with Crippen molar-refractivity contribution in [3.8, 4) is 5.69 Å². The lowest BCUT2D eigenvalue weighted by atomic mass is 10.1. The second kappa shape index (κ2) is 11.7. The van der Waals surface area contributed by atoms with Crippen LogP contribution in [0.5, 0.6) is 0 Å². The maximum absolute atomic E-state index is 13.8. The molecule has 1 aromatic heterocycles. The van der Waals surface area contributed by atoms with Crippen molar-refractivity contribution in [3.63, 3.8) is 0 Å². The van der Waals surface area contributed by atoms with Crippen LogP contribution in [0.3, 0.4) is 0 Å². The van der Waals surface area contributed by atoms with Crippen LogP contribution in [0, 0.1) is 0 Å². The van der Waals surface area contributed by atoms with Gasteiger partial charge in [-0.2, -0.15) is 13.2 Å². The van der Waals surface area contributed by atoms with E-state index in [2.05, 4.69) is 5.32 Å². The summed E-state index contributed by atoms with van der Waals surface area (Å²) in [4.78, 5) is 33.4. The number of aromatic nitrogens is 2. The predicted octanol–water partition coefficient (Wildman–Crippen LogP) is 6.21. The molecule has 1 N–H and O–H groups in total. The van der Waals surface area contributed by atoms with E-state index in [4.69, 9.17) is 9.72 Å². The summed E-state index contributed by atoms with van der Waals surface area (Å²) < 4.78 is 47.5. The van der Waals surface area contributed by atoms with Gasteiger partial charge in [0.25, 0.3) is 5.56 Å². The molecule has 0 radical (unpaired) electrons. The highest BCUT2D eigenvalue weighted by Crippen LogP contribution is 2.35. The molecule has 0 spiro atoms. The molecule has 39 heavy (non-hydrogen) atoms. The van der Waals surface area contributed by atoms with Gasteiger partial charge in [0.2, 0.25) is 0 Å². The topological polar surface area (TPSA) is 76.5 Å². The van der Waals surface area contributed by atoms with Gasteiger partial charge in [-0.1, -0.05) is 49.4 Å². The molecular weight excluding hydrogens is 509 g/mol. The molecule has 0 aliphatic carbocycles. The van der Waals surface area contributed by atoms with Crippen molar-refractivity contribution in [1.82, 2.24) is 14.5 Å². The van der Waals surface area contributed by atoms with E-state index in [1.54, 1.807) is 31.2 Å². The molecule has 0 aliphatic heterocycles. The van der Waals surface area contributed by atoms with E-state index in [1.165, 1.54) is 34.8 Å². The lowest BCUT2D eigenvalue weighted by Gasteiger charge is -2.31. The average Bonchev–Trinajstić information content (AvgIpc) is 2.93. The Hall–Kier alpha value is -4.18. The number of methoxy groups -OCH3 is 1. The molecule has 2 amide bonds. The van der Waals surface area contributed by atoms with Gasteiger partial charge < -0.3 is 15.0 Å². The predicted molar refractivity (Wildman–Crippen MR) is 144 cm³/mol. The van der Waals surface area contributed by atoms with Crippen LogP contribution < -0.4 is 10.9 Å². The largest absolute Gasteiger partial charge is 0.418 e. The number of hydrogen-bond acceptors (Lipinski definition) is 4. The molecular formula is C29H29F3N4O3. The molecule has 4 rings (SSSR count). The molecule has 204 valence electrons. The van der Waals surface area contributed by atoms with E-state index in [0.29, 0.717) is 23.0 Å². The zero-order valence-electron chi connectivity index (χ0n) is 21.8. The Bertz CT molecular complexity index is 1530. The minimum atomic E-state index is -4.66. The zero-order valence-corrected chi connectivity index (χ0v) is 21.8. The van der Waals surface area contributed by atoms with Crippen molar-refractivity contribution < 1.29 is 22.7 Å². The molecule has 0 saturated carbocycles. The molecule has 1 atom stereocenters. The summed E-state index contributed by atoms with van der Waals surface area (Å²) >= 11 is 0. The highest BCUT2D eigenvalue weighted by Gasteiger charge is 2.35. The number of amides is 2. The van der Waals surface area contributed by atoms with E-state index in [0.717, 1.165) is 11.6 Å². The summed E-state index contributed by atoms with van der Waals surface area (Å²) in [6, 6.07) is 17.5. The van der Waals surface area contributed by atoms with Crippen molar-refractivity contribution in [3.05, 3.63) is 100 Å². The Morgan fingerprint density at radius 1 is 1.05 bits per heavy atom. The van der Waals surface area contributed by atoms with Crippen molar-refractivity contribution in [2.75, 3.05) is 25.6 Å². The second-order valence-corrected chi connectivity index (χ2v) is 8.95. The number of carbonyl (C=O) groups excluding carboxylic acids is 1. The van der Waals surface area contributed by atoms with Gasteiger partial charge in [0.15, 0.2) is 0 Å². The fourth-order valence-corrected chi connectivity index (χ4v) is 4.52. The smallest absolute Gasteiger partial charge is 0.383 e. The first kappa shape index (κ1) is 27.8. The zero-order chi connectivity index (χ0) is 28.2. The van der Waals surface area contributed by atoms with Gasteiger partial charge in [-0.25, -0.2) is 9.78 Å². The molecule has 0 bridgehead atoms. The first-order valence-electron chi connectivity index (χ1n) is 12.5. The monoisotopic (exact) mass is 538 g/mol. The maximum atomic E-state index is 13.8. The van der Waals surface area contributed by atoms with Gasteiger partial charge in [0.05, 0.1) is 40.5 Å². The molecule has 0 aliphatic rings. The van der Waals surface area contributed by atoms with E-state index in [1.807, 2.05) is 31.2 Å². The van der Waals surface area contributed by atoms with Crippen LogP contribution in [-0.2, 0) is 17.3 Å². The number of rotatable bonds is 8. The minimum absolute atomic E-state index is 0.0375. The number of urea groups is 1. The molecule has 7 nitrogen and oxygen atoms in total. The van der Waals surface area contributed by atoms with Gasteiger partial charge in [-0.15, -0.1) is 0 Å². The van der Waals surface area contributed by atoms with Crippen LogP contribution in [0.2, 0.25) is 0 Å². The second-order valence-electron chi connectivity index (χ2n) is 8.95. The number of aryl methyl sites for hydroxylation is 1. The lowest BCUT2D eigenvalue weighted by Crippen LogP contribution is -2.42. The molecule has 1 heterocycles. The molecule has 10 heteroatoms. The number of fused-ring (bicyclic) bond motifs is 1. The number of alkyl halides is 3. The number of carbonyl (C=O) groups is 1. The minimum Gasteiger partial charge on any atom is -0.383 e. The van der Waals surface area contributed by atoms with Gasteiger partial charge in [-0.05, 0) is 49.2 Å². The number of para-hydroxylation sites is 3. The van der Waals surface area contributed by atoms with Crippen molar-refractivity contribution in [2.24, 2.45) is 0 Å². The fraction of sp³-hybridized carbons (Fsp3) is 0.276. The van der Waals surface area contributed by atoms with Crippen LogP contribution in [0.4, 0.5) is 23.7 Å². The molecule has 4 aromatic rings. The Labute approximate surface area is 223 Å². The maximum Gasteiger partial charge on any atom is 0.418 e. The highest BCUT2D eigenvalue weighted by atomic mass is 19.4. The quantitative estimate of drug-likeness (QED) is 0.290. The number of ether oxygens (including phenoxy) is 1. The Balaban J connectivity index is 1.86. The highest BCUT2D eigenvalue weighted by molar-refractivity contribution is 5.90. The lowest BCUT2D eigenvalue weighted by molar-refractivity contribution is -0.136. The Kier molecular flexibility index (Phi) is 8.35. The SMILES string of the molecule is CCc1ccccc1-n1c(C(C)N(CCOC)C(=O)Nc2ccccc2C(F)(F)F)nc2ccccc2c1=O. The van der Waals surface area contributed by atoms with Gasteiger partial charge in [0.1, 0.15) is 5.82 Å². The third kappa shape index (κ3) is 5.80. The number of halogens is 3. The summed E-state index contributed by atoms with van der Waals surface area (Å²) in [5.41, 5.74) is 0.332. The van der Waals surface area contributed by atoms with Crippen LogP contribution in [0.15, 0.2) is 77.6 Å². The van der Waals surface area contributed by atoms with Gasteiger partial charge in [0, 0.05) is 13.7 Å². The Morgan fingerprint density at radius 2 is 1.72 bits per heavy atom. The first-order valence-corrected chi connectivity index (χ1v) is 12.5. The third-order valence-electron chi connectivity index (χ3n) is 6.53. The molecule has 0 fully saturated rings. The fourth-order valence-electron chi connectivity index (χ4n) is 4.52. The standard InChI is InChI=1S/C29H29F3N4O3/c1-4-20-11-5-10-16-25(20)36-26(33-23-14-8-6-12-21(23)27(36)37)19(2)35(17-18-39-3)28(38)34-24-15-9-7-13-22(24)29(30,31)32/h5-16,19H,4,17-18H2,1-3H3,(H,34,38). The number of nitrogens with one attached hydrogen (secondary N) is 1. The Morgan fingerprint density at radius 3 is 2.44 bits per heavy atom. The van der Waals surface area contributed by atoms with E-state index in [-0.39, 0.29) is 30.2 Å². The van der Waals surface area contributed by atoms with Crippen molar-refractivity contribution in [2.45, 2.75) is 32.5 Å². The number of hydrogen-bond donors (Lipinski definition) is 1. The number of benzene rings is 3. The average molecular weight is 539 g/mol. The van der Waals surface area contributed by atoms with E-state index >= 15 is 0 Å². The van der Waals surface area contributed by atoms with Crippen LogP contribution in [0.25, 0.3) is 16.6 Å². The van der Waals surface area contributed by atoms with Crippen molar-refractivity contribution >= 4 is 22.6 Å². The number of nitrogens with zero attached hydrogens (tertiary/aromatic N) is 3. The summed E-state index contributed by atoms with van der Waals surface area (Å²) in [5, 5.41) is 2.82. The normalized spacial score (nSPS) is 12.4. The van der Waals surface area contributed by atoms with Gasteiger partial charge in [-0.3, -0.25) is 9.36 Å². The van der Waals surface area contributed by atoms with Crippen LogP contribution in [-0.4, -0.2) is 40.7 Å². The van der Waals surface area contributed by atoms with Gasteiger partial charge >= 0.3 is 12.2 Å². The van der Waals surface area contributed by atoms with E-state index in [9.17, 15) is 22.8 Å². The third-order valence-corrected chi connectivity index (χ3v) is 6.53. The molecule has 3 aromatic carbocycles. The summed E-state index contributed by atoms with van der Waals surface area (Å²) in [7, 11) is 1.46.